The Morgan fingerprint density at radius 3 is 2.19 bits per heavy atom. The Hall–Kier alpha value is -2.31. The van der Waals surface area contributed by atoms with Crippen molar-refractivity contribution in [2.24, 2.45) is 0 Å². The number of halogens is 6. The monoisotopic (exact) mass is 304 g/mol. The number of alkyl halides is 3. The van der Waals surface area contributed by atoms with E-state index in [1.54, 1.807) is 0 Å². The predicted octanol–water partition coefficient (Wildman–Crippen LogP) is 4.35. The molecule has 21 heavy (non-hydrogen) atoms. The topological polar surface area (TPSA) is 17.1 Å². The van der Waals surface area contributed by atoms with E-state index >= 15 is 0 Å². The molecule has 0 unspecified atom stereocenters. The number of carbonyl (C=O) groups excluding carboxylic acids is 1. The molecular weight excluding hydrogens is 298 g/mol. The average molecular weight is 304 g/mol. The molecule has 0 atom stereocenters. The molecule has 0 aromatic heterocycles. The zero-order valence-corrected chi connectivity index (χ0v) is 10.1. The van der Waals surface area contributed by atoms with Crippen molar-refractivity contribution < 1.29 is 31.1 Å². The summed E-state index contributed by atoms with van der Waals surface area (Å²) < 4.78 is 78.0. The molecule has 7 heteroatoms. The summed E-state index contributed by atoms with van der Waals surface area (Å²) in [6.45, 7) is 0. The first-order chi connectivity index (χ1) is 9.71. The van der Waals surface area contributed by atoms with Gasteiger partial charge in [-0.15, -0.1) is 0 Å². The molecule has 0 aliphatic heterocycles. The van der Waals surface area contributed by atoms with Gasteiger partial charge in [-0.25, -0.2) is 13.2 Å². The third kappa shape index (κ3) is 2.91. The summed E-state index contributed by atoms with van der Waals surface area (Å²) in [6, 6.07) is 3.75. The van der Waals surface area contributed by atoms with Gasteiger partial charge in [0.1, 0.15) is 5.82 Å². The van der Waals surface area contributed by atoms with E-state index in [0.29, 0.717) is 24.3 Å². The second-order valence-corrected chi connectivity index (χ2v) is 4.12. The van der Waals surface area contributed by atoms with Crippen molar-refractivity contribution in [2.45, 2.75) is 6.18 Å². The number of ketones is 1. The minimum Gasteiger partial charge on any atom is -0.288 e. The van der Waals surface area contributed by atoms with E-state index in [2.05, 4.69) is 0 Å². The van der Waals surface area contributed by atoms with Gasteiger partial charge in [-0.3, -0.25) is 4.79 Å². The highest BCUT2D eigenvalue weighted by Gasteiger charge is 2.36. The first kappa shape index (κ1) is 15.1. The Kier molecular flexibility index (Phi) is 3.76. The van der Waals surface area contributed by atoms with Gasteiger partial charge in [0.15, 0.2) is 17.4 Å². The summed E-state index contributed by atoms with van der Waals surface area (Å²) in [6.07, 6.45) is -4.93. The van der Waals surface area contributed by atoms with Gasteiger partial charge < -0.3 is 0 Å². The minimum atomic E-state index is -4.93. The maximum atomic E-state index is 13.5. The maximum Gasteiger partial charge on any atom is 0.417 e. The number of hydrogen-bond acceptors (Lipinski definition) is 1. The van der Waals surface area contributed by atoms with Crippen LogP contribution >= 0.6 is 0 Å². The van der Waals surface area contributed by atoms with Crippen LogP contribution in [0.5, 0.6) is 0 Å². The molecule has 0 spiro atoms. The van der Waals surface area contributed by atoms with Gasteiger partial charge in [0, 0.05) is 5.56 Å². The number of hydrogen-bond donors (Lipinski definition) is 0. The molecule has 0 bridgehead atoms. The van der Waals surface area contributed by atoms with Gasteiger partial charge in [0.05, 0.1) is 11.1 Å². The van der Waals surface area contributed by atoms with Crippen LogP contribution in [-0.4, -0.2) is 5.78 Å². The Labute approximate surface area is 114 Å². The largest absolute Gasteiger partial charge is 0.417 e. The van der Waals surface area contributed by atoms with Crippen LogP contribution in [0.15, 0.2) is 36.4 Å². The van der Waals surface area contributed by atoms with E-state index in [9.17, 15) is 31.1 Å². The van der Waals surface area contributed by atoms with Crippen LogP contribution in [-0.2, 0) is 6.18 Å². The van der Waals surface area contributed by atoms with E-state index in [1.165, 1.54) is 0 Å². The molecule has 2 aromatic rings. The Morgan fingerprint density at radius 2 is 1.57 bits per heavy atom. The lowest BCUT2D eigenvalue weighted by Crippen LogP contribution is -2.15. The van der Waals surface area contributed by atoms with Gasteiger partial charge in [0.25, 0.3) is 0 Å². The van der Waals surface area contributed by atoms with Crippen molar-refractivity contribution in [1.82, 2.24) is 0 Å². The Morgan fingerprint density at radius 1 is 0.905 bits per heavy atom. The van der Waals surface area contributed by atoms with E-state index in [1.807, 2.05) is 0 Å². The number of benzene rings is 2. The minimum absolute atomic E-state index is 0.343. The summed E-state index contributed by atoms with van der Waals surface area (Å²) >= 11 is 0. The van der Waals surface area contributed by atoms with Gasteiger partial charge in [-0.1, -0.05) is 6.07 Å². The van der Waals surface area contributed by atoms with Crippen LogP contribution < -0.4 is 0 Å². The van der Waals surface area contributed by atoms with Crippen molar-refractivity contribution in [3.05, 3.63) is 70.5 Å². The number of rotatable bonds is 2. The quantitative estimate of drug-likeness (QED) is 0.595. The highest BCUT2D eigenvalue weighted by Crippen LogP contribution is 2.33. The van der Waals surface area contributed by atoms with E-state index in [4.69, 9.17) is 0 Å². The lowest BCUT2D eigenvalue weighted by atomic mass is 9.97. The summed E-state index contributed by atoms with van der Waals surface area (Å²) in [5.74, 6) is -5.51. The summed E-state index contributed by atoms with van der Waals surface area (Å²) in [4.78, 5) is 12.0. The molecule has 0 aliphatic carbocycles. The molecular formula is C14H6F6O. The van der Waals surface area contributed by atoms with Gasteiger partial charge in [-0.05, 0) is 30.3 Å². The van der Waals surface area contributed by atoms with Crippen molar-refractivity contribution in [2.75, 3.05) is 0 Å². The summed E-state index contributed by atoms with van der Waals surface area (Å²) in [5.41, 5.74) is -3.39. The van der Waals surface area contributed by atoms with Crippen LogP contribution in [0.3, 0.4) is 0 Å². The van der Waals surface area contributed by atoms with Gasteiger partial charge in [0.2, 0.25) is 0 Å². The maximum absolute atomic E-state index is 13.5. The van der Waals surface area contributed by atoms with E-state index in [-0.39, 0.29) is 0 Å². The third-order valence-electron chi connectivity index (χ3n) is 2.73. The van der Waals surface area contributed by atoms with Crippen molar-refractivity contribution in [3.63, 3.8) is 0 Å². The van der Waals surface area contributed by atoms with Crippen LogP contribution in [0.1, 0.15) is 21.5 Å². The first-order valence-electron chi connectivity index (χ1n) is 5.57. The van der Waals surface area contributed by atoms with Crippen molar-refractivity contribution in [3.8, 4) is 0 Å². The highest BCUT2D eigenvalue weighted by atomic mass is 19.4. The smallest absolute Gasteiger partial charge is 0.288 e. The van der Waals surface area contributed by atoms with E-state index < -0.39 is 46.1 Å². The third-order valence-corrected chi connectivity index (χ3v) is 2.73. The fourth-order valence-corrected chi connectivity index (χ4v) is 1.78. The zero-order valence-electron chi connectivity index (χ0n) is 10.1. The normalized spacial score (nSPS) is 11.5. The fourth-order valence-electron chi connectivity index (χ4n) is 1.78. The zero-order chi connectivity index (χ0) is 15.8. The van der Waals surface area contributed by atoms with Crippen LogP contribution in [0.25, 0.3) is 0 Å². The predicted molar refractivity (Wildman–Crippen MR) is 61.2 cm³/mol. The lowest BCUT2D eigenvalue weighted by molar-refractivity contribution is -0.137. The average Bonchev–Trinajstić information content (AvgIpc) is 2.39. The molecule has 0 saturated heterocycles. The first-order valence-corrected chi connectivity index (χ1v) is 5.57. The second-order valence-electron chi connectivity index (χ2n) is 4.12. The molecule has 0 saturated carbocycles. The molecule has 110 valence electrons. The van der Waals surface area contributed by atoms with Crippen molar-refractivity contribution >= 4 is 5.78 Å². The molecule has 2 aromatic carbocycles. The molecule has 0 radical (unpaired) electrons. The summed E-state index contributed by atoms with van der Waals surface area (Å²) in [5, 5.41) is 0. The molecule has 1 nitrogen and oxygen atoms in total. The van der Waals surface area contributed by atoms with Crippen molar-refractivity contribution in [1.29, 1.82) is 0 Å². The standard InChI is InChI=1S/C14H6F6O/c15-7-4-5-10(14(18,19)20)9(6-7)13(21)8-2-1-3-11(16)12(8)17/h1-6H. The van der Waals surface area contributed by atoms with E-state index in [0.717, 1.165) is 12.1 Å². The lowest BCUT2D eigenvalue weighted by Gasteiger charge is -2.12. The Bertz CT molecular complexity index is 705. The SMILES string of the molecule is O=C(c1cc(F)ccc1C(F)(F)F)c1cccc(F)c1F. The molecule has 0 heterocycles. The molecule has 0 N–H and O–H groups in total. The summed E-state index contributed by atoms with van der Waals surface area (Å²) in [7, 11) is 0. The van der Waals surface area contributed by atoms with Crippen LogP contribution in [0.2, 0.25) is 0 Å². The number of carbonyl (C=O) groups is 1. The van der Waals surface area contributed by atoms with Crippen LogP contribution in [0.4, 0.5) is 26.3 Å². The second kappa shape index (κ2) is 5.23. The van der Waals surface area contributed by atoms with Gasteiger partial charge in [-0.2, -0.15) is 13.2 Å². The highest BCUT2D eigenvalue weighted by molar-refractivity contribution is 6.10. The van der Waals surface area contributed by atoms with Crippen LogP contribution in [0, 0.1) is 17.5 Å². The fraction of sp³-hybridized carbons (Fsp3) is 0.0714. The van der Waals surface area contributed by atoms with Gasteiger partial charge >= 0.3 is 6.18 Å². The molecule has 0 amide bonds. The molecule has 0 aliphatic rings. The molecule has 0 fully saturated rings. The molecule has 2 rings (SSSR count). The Balaban J connectivity index is 2.63.